The zero-order valence-electron chi connectivity index (χ0n) is 8.21. The lowest BCUT2D eigenvalue weighted by molar-refractivity contribution is 0.357. The molecule has 2 rings (SSSR count). The van der Waals surface area contributed by atoms with E-state index in [1.165, 1.54) is 5.56 Å². The van der Waals surface area contributed by atoms with E-state index >= 15 is 0 Å². The van der Waals surface area contributed by atoms with Crippen LogP contribution < -0.4 is 10.5 Å². The average Bonchev–Trinajstić information content (AvgIpc) is 2.61. The fourth-order valence-corrected chi connectivity index (χ4v) is 1.46. The Bertz CT molecular complexity index is 399. The Balaban J connectivity index is 2.26. The Morgan fingerprint density at radius 2 is 2.36 bits per heavy atom. The molecule has 0 radical (unpaired) electrons. The van der Waals surface area contributed by atoms with Gasteiger partial charge in [0.05, 0.1) is 12.6 Å². The van der Waals surface area contributed by atoms with E-state index in [0.717, 1.165) is 24.3 Å². The zero-order chi connectivity index (χ0) is 9.97. The predicted octanol–water partition coefficient (Wildman–Crippen LogP) is 1.32. The SMILES string of the molecule is CC(N)C#Cc1ccc2c(c1)CCO2. The van der Waals surface area contributed by atoms with Crippen molar-refractivity contribution in [2.75, 3.05) is 6.61 Å². The average molecular weight is 187 g/mol. The first-order valence-electron chi connectivity index (χ1n) is 4.78. The molecular formula is C12H13NO. The highest BCUT2D eigenvalue weighted by Crippen LogP contribution is 2.25. The van der Waals surface area contributed by atoms with Gasteiger partial charge in [-0.1, -0.05) is 11.8 Å². The molecule has 0 saturated carbocycles. The number of rotatable bonds is 0. The lowest BCUT2D eigenvalue weighted by Gasteiger charge is -1.98. The second-order valence-corrected chi connectivity index (χ2v) is 3.48. The molecule has 2 nitrogen and oxygen atoms in total. The molecule has 1 aliphatic rings. The Morgan fingerprint density at radius 3 is 3.14 bits per heavy atom. The molecule has 0 aromatic heterocycles. The van der Waals surface area contributed by atoms with E-state index in [9.17, 15) is 0 Å². The van der Waals surface area contributed by atoms with Crippen LogP contribution in [0.25, 0.3) is 0 Å². The number of ether oxygens (including phenoxy) is 1. The summed E-state index contributed by atoms with van der Waals surface area (Å²) in [6.07, 6.45) is 0.989. The van der Waals surface area contributed by atoms with E-state index in [2.05, 4.69) is 17.9 Å². The summed E-state index contributed by atoms with van der Waals surface area (Å²) in [5.41, 5.74) is 7.83. The standard InChI is InChI=1S/C12H13NO/c1-9(13)2-3-10-4-5-12-11(8-10)6-7-14-12/h4-5,8-9H,6-7,13H2,1H3. The first-order chi connectivity index (χ1) is 6.75. The summed E-state index contributed by atoms with van der Waals surface area (Å²) in [6.45, 7) is 2.67. The van der Waals surface area contributed by atoms with Crippen LogP contribution in [0.1, 0.15) is 18.1 Å². The molecule has 1 heterocycles. The minimum Gasteiger partial charge on any atom is -0.493 e. The van der Waals surface area contributed by atoms with Crippen molar-refractivity contribution in [2.45, 2.75) is 19.4 Å². The molecule has 1 aromatic carbocycles. The quantitative estimate of drug-likeness (QED) is 0.622. The van der Waals surface area contributed by atoms with E-state index < -0.39 is 0 Å². The van der Waals surface area contributed by atoms with Crippen molar-refractivity contribution in [1.82, 2.24) is 0 Å². The molecule has 72 valence electrons. The molecule has 1 atom stereocenters. The van der Waals surface area contributed by atoms with E-state index in [1.807, 2.05) is 19.1 Å². The third kappa shape index (κ3) is 1.89. The molecule has 0 fully saturated rings. The highest BCUT2D eigenvalue weighted by atomic mass is 16.5. The zero-order valence-corrected chi connectivity index (χ0v) is 8.21. The van der Waals surface area contributed by atoms with Crippen molar-refractivity contribution in [3.05, 3.63) is 29.3 Å². The molecule has 1 aromatic rings. The minimum atomic E-state index is -0.0699. The van der Waals surface area contributed by atoms with Gasteiger partial charge in [0.2, 0.25) is 0 Å². The largest absolute Gasteiger partial charge is 0.493 e. The molecule has 14 heavy (non-hydrogen) atoms. The third-order valence-corrected chi connectivity index (χ3v) is 2.13. The maximum atomic E-state index is 5.55. The van der Waals surface area contributed by atoms with Crippen LogP contribution in [0.4, 0.5) is 0 Å². The molecule has 2 heteroatoms. The number of hydrogen-bond donors (Lipinski definition) is 1. The Kier molecular flexibility index (Phi) is 2.43. The van der Waals surface area contributed by atoms with Gasteiger partial charge in [-0.25, -0.2) is 0 Å². The van der Waals surface area contributed by atoms with Crippen LogP contribution in [0.5, 0.6) is 5.75 Å². The maximum Gasteiger partial charge on any atom is 0.122 e. The third-order valence-electron chi connectivity index (χ3n) is 2.13. The fourth-order valence-electron chi connectivity index (χ4n) is 1.46. The van der Waals surface area contributed by atoms with Gasteiger partial charge in [-0.2, -0.15) is 0 Å². The van der Waals surface area contributed by atoms with Crippen molar-refractivity contribution < 1.29 is 4.74 Å². The van der Waals surface area contributed by atoms with Gasteiger partial charge in [-0.15, -0.1) is 0 Å². The minimum absolute atomic E-state index is 0.0699. The fraction of sp³-hybridized carbons (Fsp3) is 0.333. The second kappa shape index (κ2) is 3.73. The Morgan fingerprint density at radius 1 is 1.50 bits per heavy atom. The number of fused-ring (bicyclic) bond motifs is 1. The van der Waals surface area contributed by atoms with Crippen LogP contribution in [0.2, 0.25) is 0 Å². The smallest absolute Gasteiger partial charge is 0.122 e. The van der Waals surface area contributed by atoms with Crippen LogP contribution in [-0.2, 0) is 6.42 Å². The summed E-state index contributed by atoms with van der Waals surface area (Å²) in [5.74, 6) is 6.98. The Hall–Kier alpha value is -1.46. The molecule has 0 spiro atoms. The highest BCUT2D eigenvalue weighted by molar-refractivity contribution is 5.46. The number of benzene rings is 1. The molecule has 0 bridgehead atoms. The molecule has 0 amide bonds. The van der Waals surface area contributed by atoms with Gasteiger partial charge >= 0.3 is 0 Å². The van der Waals surface area contributed by atoms with E-state index in [0.29, 0.717) is 0 Å². The maximum absolute atomic E-state index is 5.55. The first-order valence-corrected chi connectivity index (χ1v) is 4.78. The van der Waals surface area contributed by atoms with Crippen molar-refractivity contribution in [3.8, 4) is 17.6 Å². The summed E-state index contributed by atoms with van der Waals surface area (Å²) >= 11 is 0. The van der Waals surface area contributed by atoms with Gasteiger partial charge in [0.25, 0.3) is 0 Å². The van der Waals surface area contributed by atoms with E-state index in [-0.39, 0.29) is 6.04 Å². The summed E-state index contributed by atoms with van der Waals surface area (Å²) in [4.78, 5) is 0. The molecule has 2 N–H and O–H groups in total. The van der Waals surface area contributed by atoms with E-state index in [4.69, 9.17) is 10.5 Å². The van der Waals surface area contributed by atoms with Crippen molar-refractivity contribution in [2.24, 2.45) is 5.73 Å². The van der Waals surface area contributed by atoms with Crippen LogP contribution in [0.3, 0.4) is 0 Å². The van der Waals surface area contributed by atoms with E-state index in [1.54, 1.807) is 0 Å². The summed E-state index contributed by atoms with van der Waals surface area (Å²) in [5, 5.41) is 0. The normalized spacial score (nSPS) is 15.0. The van der Waals surface area contributed by atoms with Gasteiger partial charge in [0, 0.05) is 12.0 Å². The molecule has 1 unspecified atom stereocenters. The van der Waals surface area contributed by atoms with Gasteiger partial charge < -0.3 is 10.5 Å². The molecule has 0 saturated heterocycles. The summed E-state index contributed by atoms with van der Waals surface area (Å²) < 4.78 is 5.41. The second-order valence-electron chi connectivity index (χ2n) is 3.48. The highest BCUT2D eigenvalue weighted by Gasteiger charge is 2.10. The van der Waals surface area contributed by atoms with Gasteiger partial charge in [-0.05, 0) is 30.7 Å². The van der Waals surface area contributed by atoms with Crippen molar-refractivity contribution in [3.63, 3.8) is 0 Å². The Labute approximate surface area is 84.1 Å². The number of hydrogen-bond acceptors (Lipinski definition) is 2. The van der Waals surface area contributed by atoms with Gasteiger partial charge in [0.1, 0.15) is 5.75 Å². The van der Waals surface area contributed by atoms with Crippen LogP contribution in [0.15, 0.2) is 18.2 Å². The van der Waals surface area contributed by atoms with Crippen molar-refractivity contribution in [1.29, 1.82) is 0 Å². The summed E-state index contributed by atoms with van der Waals surface area (Å²) in [7, 11) is 0. The topological polar surface area (TPSA) is 35.2 Å². The first kappa shape index (κ1) is 9.11. The van der Waals surface area contributed by atoms with Gasteiger partial charge in [-0.3, -0.25) is 0 Å². The van der Waals surface area contributed by atoms with Crippen LogP contribution >= 0.6 is 0 Å². The lowest BCUT2D eigenvalue weighted by atomic mass is 10.1. The van der Waals surface area contributed by atoms with Crippen LogP contribution in [-0.4, -0.2) is 12.6 Å². The molecule has 1 aliphatic heterocycles. The predicted molar refractivity (Wildman–Crippen MR) is 56.2 cm³/mol. The molecular weight excluding hydrogens is 174 g/mol. The van der Waals surface area contributed by atoms with Crippen molar-refractivity contribution >= 4 is 0 Å². The van der Waals surface area contributed by atoms with Crippen LogP contribution in [0, 0.1) is 11.8 Å². The monoisotopic (exact) mass is 187 g/mol. The lowest BCUT2D eigenvalue weighted by Crippen LogP contribution is -2.10. The number of nitrogens with two attached hydrogens (primary N) is 1. The van der Waals surface area contributed by atoms with Gasteiger partial charge in [0.15, 0.2) is 0 Å². The summed E-state index contributed by atoms with van der Waals surface area (Å²) in [6, 6.07) is 5.96. The molecule has 0 aliphatic carbocycles.